The summed E-state index contributed by atoms with van der Waals surface area (Å²) in [6.45, 7) is -0.334. The van der Waals surface area contributed by atoms with Gasteiger partial charge in [0, 0.05) is 10.9 Å². The predicted octanol–water partition coefficient (Wildman–Crippen LogP) is 1.58. The quantitative estimate of drug-likeness (QED) is 0.750. The number of hydrogen-bond acceptors (Lipinski definition) is 6. The van der Waals surface area contributed by atoms with Crippen LogP contribution >= 0.6 is 11.8 Å². The average Bonchev–Trinajstić information content (AvgIpc) is 3.16. The molecule has 1 aromatic rings. The molecule has 1 atom stereocenters. The van der Waals surface area contributed by atoms with E-state index in [9.17, 15) is 18.0 Å². The molecule has 0 radical (unpaired) electrons. The third kappa shape index (κ3) is 5.22. The lowest BCUT2D eigenvalue weighted by Crippen LogP contribution is -2.22. The second-order valence-electron chi connectivity index (χ2n) is 6.38. The van der Waals surface area contributed by atoms with Crippen LogP contribution in [0.15, 0.2) is 18.2 Å². The molecule has 8 heteroatoms. The van der Waals surface area contributed by atoms with Crippen molar-refractivity contribution in [1.82, 2.24) is 0 Å². The fourth-order valence-electron chi connectivity index (χ4n) is 3.11. The Morgan fingerprint density at radius 1 is 1.24 bits per heavy atom. The van der Waals surface area contributed by atoms with Gasteiger partial charge >= 0.3 is 5.97 Å². The Kier molecular flexibility index (Phi) is 5.68. The van der Waals surface area contributed by atoms with Gasteiger partial charge in [-0.15, -0.1) is 11.8 Å². The normalized spacial score (nSPS) is 20.9. The van der Waals surface area contributed by atoms with Gasteiger partial charge in [-0.3, -0.25) is 9.59 Å². The van der Waals surface area contributed by atoms with E-state index in [2.05, 4.69) is 5.32 Å². The highest BCUT2D eigenvalue weighted by Gasteiger charge is 2.28. The van der Waals surface area contributed by atoms with Gasteiger partial charge < -0.3 is 10.1 Å². The molecule has 0 bridgehead atoms. The van der Waals surface area contributed by atoms with Crippen molar-refractivity contribution in [2.24, 2.45) is 0 Å². The molecular weight excluding hydrogens is 362 g/mol. The highest BCUT2D eigenvalue weighted by Crippen LogP contribution is 2.25. The van der Waals surface area contributed by atoms with Gasteiger partial charge in [-0.1, -0.05) is 6.07 Å². The summed E-state index contributed by atoms with van der Waals surface area (Å²) >= 11 is 1.28. The van der Waals surface area contributed by atoms with E-state index in [0.717, 1.165) is 19.3 Å². The number of carbonyl (C=O) groups excluding carboxylic acids is 2. The molecule has 3 rings (SSSR count). The number of anilines is 1. The summed E-state index contributed by atoms with van der Waals surface area (Å²) < 4.78 is 27.7. The van der Waals surface area contributed by atoms with Crippen LogP contribution in [0.3, 0.4) is 0 Å². The van der Waals surface area contributed by atoms with Crippen molar-refractivity contribution >= 4 is 39.2 Å². The fraction of sp³-hybridized carbons (Fsp3) is 0.529. The van der Waals surface area contributed by atoms with Gasteiger partial charge in [0.25, 0.3) is 5.91 Å². The number of rotatable bonds is 6. The van der Waals surface area contributed by atoms with E-state index in [1.165, 1.54) is 22.9 Å². The van der Waals surface area contributed by atoms with E-state index < -0.39 is 15.8 Å². The van der Waals surface area contributed by atoms with Crippen LogP contribution in [0.1, 0.15) is 24.0 Å². The highest BCUT2D eigenvalue weighted by atomic mass is 32.2. The molecule has 1 N–H and O–H groups in total. The van der Waals surface area contributed by atoms with Crippen molar-refractivity contribution in [2.75, 3.05) is 29.2 Å². The van der Waals surface area contributed by atoms with E-state index in [0.29, 0.717) is 12.1 Å². The third-order valence-electron chi connectivity index (χ3n) is 4.37. The first-order valence-corrected chi connectivity index (χ1v) is 11.2. The number of benzene rings is 1. The third-order valence-corrected chi connectivity index (χ3v) is 7.63. The lowest BCUT2D eigenvalue weighted by atomic mass is 10.1. The minimum atomic E-state index is -2.95. The first kappa shape index (κ1) is 18.3. The molecule has 2 aliphatic rings. The largest absolute Gasteiger partial charge is 0.455 e. The van der Waals surface area contributed by atoms with E-state index in [-0.39, 0.29) is 35.0 Å². The molecule has 1 aliphatic carbocycles. The molecule has 1 amide bonds. The summed E-state index contributed by atoms with van der Waals surface area (Å²) in [6, 6.07) is 5.86. The topological polar surface area (TPSA) is 89.5 Å². The van der Waals surface area contributed by atoms with Crippen molar-refractivity contribution < 1.29 is 22.7 Å². The number of esters is 1. The Labute approximate surface area is 151 Å². The summed E-state index contributed by atoms with van der Waals surface area (Å²) in [6.07, 6.45) is 3.83. The molecule has 0 unspecified atom stereocenters. The van der Waals surface area contributed by atoms with Crippen molar-refractivity contribution in [3.8, 4) is 0 Å². The highest BCUT2D eigenvalue weighted by molar-refractivity contribution is 8.02. The molecule has 1 aliphatic heterocycles. The lowest BCUT2D eigenvalue weighted by molar-refractivity contribution is -0.144. The Morgan fingerprint density at radius 3 is 2.80 bits per heavy atom. The zero-order valence-corrected chi connectivity index (χ0v) is 15.5. The van der Waals surface area contributed by atoms with Gasteiger partial charge in [-0.25, -0.2) is 8.42 Å². The first-order valence-electron chi connectivity index (χ1n) is 8.30. The second-order valence-corrected chi connectivity index (χ2v) is 9.90. The number of aryl methyl sites for hydroxylation is 2. The molecule has 136 valence electrons. The van der Waals surface area contributed by atoms with E-state index >= 15 is 0 Å². The standard InChI is InChI=1S/C17H21NO5S2/c19-16(18-14-5-4-12-2-1-3-13(12)8-14)9-23-17(20)10-24-15-6-7-25(21,22)11-15/h4-5,8,15H,1-3,6-7,9-11H2,(H,18,19)/t15-/m0/s1. The van der Waals surface area contributed by atoms with Crippen LogP contribution in [0.5, 0.6) is 0 Å². The molecule has 1 saturated heterocycles. The number of thioether (sulfide) groups is 1. The molecule has 25 heavy (non-hydrogen) atoms. The second kappa shape index (κ2) is 7.78. The van der Waals surface area contributed by atoms with Gasteiger partial charge in [-0.2, -0.15) is 0 Å². The number of fused-ring (bicyclic) bond motifs is 1. The smallest absolute Gasteiger partial charge is 0.316 e. The minimum absolute atomic E-state index is 0.0576. The Balaban J connectivity index is 1.38. The van der Waals surface area contributed by atoms with Crippen LogP contribution in [0.2, 0.25) is 0 Å². The molecule has 0 spiro atoms. The van der Waals surface area contributed by atoms with Gasteiger partial charge in [0.1, 0.15) is 0 Å². The Morgan fingerprint density at radius 2 is 2.04 bits per heavy atom. The summed E-state index contributed by atoms with van der Waals surface area (Å²) in [5, 5.41) is 2.68. The first-order chi connectivity index (χ1) is 11.9. The lowest BCUT2D eigenvalue weighted by Gasteiger charge is -2.09. The zero-order valence-electron chi connectivity index (χ0n) is 13.8. The van der Waals surface area contributed by atoms with Crippen LogP contribution < -0.4 is 5.32 Å². The SMILES string of the molecule is O=C(COC(=O)CS[C@H]1CCS(=O)(=O)C1)Nc1ccc2c(c1)CCC2. The Hall–Kier alpha value is -1.54. The van der Waals surface area contributed by atoms with Crippen LogP contribution in [-0.2, 0) is 37.0 Å². The molecule has 0 aromatic heterocycles. The molecule has 1 heterocycles. The maximum Gasteiger partial charge on any atom is 0.316 e. The Bertz CT molecular complexity index is 775. The van der Waals surface area contributed by atoms with Crippen LogP contribution in [0, 0.1) is 0 Å². The minimum Gasteiger partial charge on any atom is -0.455 e. The number of carbonyl (C=O) groups is 2. The number of hydrogen-bond donors (Lipinski definition) is 1. The van der Waals surface area contributed by atoms with Gasteiger partial charge in [0.2, 0.25) is 0 Å². The van der Waals surface area contributed by atoms with Crippen molar-refractivity contribution in [2.45, 2.75) is 30.9 Å². The number of sulfone groups is 1. The van der Waals surface area contributed by atoms with Crippen molar-refractivity contribution in [3.63, 3.8) is 0 Å². The zero-order chi connectivity index (χ0) is 17.9. The monoisotopic (exact) mass is 383 g/mol. The molecule has 1 aromatic carbocycles. The summed E-state index contributed by atoms with van der Waals surface area (Å²) in [5.74, 6) is -0.517. The van der Waals surface area contributed by atoms with Crippen molar-refractivity contribution in [3.05, 3.63) is 29.3 Å². The van der Waals surface area contributed by atoms with E-state index in [1.807, 2.05) is 18.2 Å². The number of nitrogens with one attached hydrogen (secondary N) is 1. The summed E-state index contributed by atoms with van der Waals surface area (Å²) in [7, 11) is -2.95. The molecule has 1 fully saturated rings. The number of ether oxygens (including phenoxy) is 1. The molecule has 0 saturated carbocycles. The fourth-order valence-corrected chi connectivity index (χ4v) is 6.55. The maximum atomic E-state index is 11.9. The van der Waals surface area contributed by atoms with Crippen LogP contribution in [-0.4, -0.2) is 49.4 Å². The van der Waals surface area contributed by atoms with E-state index in [4.69, 9.17) is 4.74 Å². The molecular formula is C17H21NO5S2. The van der Waals surface area contributed by atoms with Crippen LogP contribution in [0.25, 0.3) is 0 Å². The summed E-state index contributed by atoms with van der Waals surface area (Å²) in [4.78, 5) is 23.6. The summed E-state index contributed by atoms with van der Waals surface area (Å²) in [5.41, 5.74) is 3.31. The van der Waals surface area contributed by atoms with Crippen molar-refractivity contribution in [1.29, 1.82) is 0 Å². The van der Waals surface area contributed by atoms with Crippen LogP contribution in [0.4, 0.5) is 5.69 Å². The predicted molar refractivity (Wildman–Crippen MR) is 97.6 cm³/mol. The van der Waals surface area contributed by atoms with E-state index in [1.54, 1.807) is 0 Å². The maximum absolute atomic E-state index is 11.9. The number of amides is 1. The van der Waals surface area contributed by atoms with Gasteiger partial charge in [0.05, 0.1) is 17.3 Å². The van der Waals surface area contributed by atoms with Gasteiger partial charge in [-0.05, 0) is 48.9 Å². The molecule has 6 nitrogen and oxygen atoms in total. The average molecular weight is 383 g/mol. The van der Waals surface area contributed by atoms with Gasteiger partial charge in [0.15, 0.2) is 16.4 Å².